The molecule has 0 radical (unpaired) electrons. The summed E-state index contributed by atoms with van der Waals surface area (Å²) in [7, 11) is 1.69. The van der Waals surface area contributed by atoms with E-state index in [-0.39, 0.29) is 5.92 Å². The van der Waals surface area contributed by atoms with Crippen molar-refractivity contribution in [2.45, 2.75) is 19.8 Å². The lowest BCUT2D eigenvalue weighted by Crippen LogP contribution is -2.01. The molecule has 28 heavy (non-hydrogen) atoms. The Balaban J connectivity index is 1.75. The third kappa shape index (κ3) is 3.23. The van der Waals surface area contributed by atoms with Crippen LogP contribution in [-0.2, 0) is 0 Å². The highest BCUT2D eigenvalue weighted by Crippen LogP contribution is 2.46. The van der Waals surface area contributed by atoms with Gasteiger partial charge in [0, 0.05) is 16.9 Å². The van der Waals surface area contributed by atoms with Gasteiger partial charge in [-0.15, -0.1) is 11.3 Å². The maximum absolute atomic E-state index is 5.32. The van der Waals surface area contributed by atoms with Crippen LogP contribution in [0.5, 0.6) is 5.75 Å². The number of aromatic nitrogens is 1. The highest BCUT2D eigenvalue weighted by molar-refractivity contribution is 7.13. The smallest absolute Gasteiger partial charge is 0.124 e. The first kappa shape index (κ1) is 18.5. The molecule has 0 saturated carbocycles. The molecule has 0 aliphatic heterocycles. The topological polar surface area (TPSA) is 22.1 Å². The summed E-state index contributed by atoms with van der Waals surface area (Å²) in [5, 5.41) is 3.23. The van der Waals surface area contributed by atoms with E-state index in [0.29, 0.717) is 0 Å². The molecule has 3 aromatic rings. The zero-order chi connectivity index (χ0) is 19.7. The first-order chi connectivity index (χ1) is 13.6. The first-order valence-electron chi connectivity index (χ1n) is 9.33. The maximum Gasteiger partial charge on any atom is 0.124 e. The van der Waals surface area contributed by atoms with Crippen LogP contribution in [0.25, 0.3) is 16.1 Å². The van der Waals surface area contributed by atoms with E-state index in [2.05, 4.69) is 68.3 Å². The standard InChI is InChI=1S/C25H23NOS/c1-5-18-14-22(24(17(18)3)19-10-12-20(27-4)13-11-19)23-15-28-25(26-23)21-9-7-6-8-16(21)2/h5-15,24H,1H2,2-4H3. The summed E-state index contributed by atoms with van der Waals surface area (Å²) in [6.07, 6.45) is 4.17. The highest BCUT2D eigenvalue weighted by Gasteiger charge is 2.28. The van der Waals surface area contributed by atoms with Gasteiger partial charge in [0.25, 0.3) is 0 Å². The first-order valence-corrected chi connectivity index (χ1v) is 10.2. The van der Waals surface area contributed by atoms with Gasteiger partial charge < -0.3 is 4.74 Å². The van der Waals surface area contributed by atoms with Gasteiger partial charge in [0.05, 0.1) is 12.8 Å². The van der Waals surface area contributed by atoms with E-state index in [1.54, 1.807) is 18.4 Å². The van der Waals surface area contributed by atoms with Crippen molar-refractivity contribution >= 4 is 16.9 Å². The molecule has 4 rings (SSSR count). The molecule has 2 aromatic carbocycles. The van der Waals surface area contributed by atoms with Gasteiger partial charge in [-0.05, 0) is 54.3 Å². The normalized spacial score (nSPS) is 16.2. The van der Waals surface area contributed by atoms with Gasteiger partial charge in [-0.3, -0.25) is 0 Å². The Labute approximate surface area is 170 Å². The molecule has 1 heterocycles. The van der Waals surface area contributed by atoms with Crippen molar-refractivity contribution < 1.29 is 4.74 Å². The van der Waals surface area contributed by atoms with Crippen LogP contribution in [-0.4, -0.2) is 12.1 Å². The van der Waals surface area contributed by atoms with Gasteiger partial charge in [-0.2, -0.15) is 0 Å². The fraction of sp³-hybridized carbons (Fsp3) is 0.160. The fourth-order valence-corrected chi connectivity index (χ4v) is 4.69. The van der Waals surface area contributed by atoms with Gasteiger partial charge in [0.1, 0.15) is 10.8 Å². The van der Waals surface area contributed by atoms with Crippen LogP contribution in [0, 0.1) is 6.92 Å². The number of benzene rings is 2. The molecule has 140 valence electrons. The molecule has 1 aliphatic rings. The largest absolute Gasteiger partial charge is 0.497 e. The summed E-state index contributed by atoms with van der Waals surface area (Å²) < 4.78 is 5.32. The van der Waals surface area contributed by atoms with Gasteiger partial charge in [-0.1, -0.05) is 54.6 Å². The Morgan fingerprint density at radius 3 is 2.50 bits per heavy atom. The molecule has 1 unspecified atom stereocenters. The Morgan fingerprint density at radius 1 is 1.07 bits per heavy atom. The van der Waals surface area contributed by atoms with Crippen molar-refractivity contribution in [1.82, 2.24) is 4.98 Å². The Hall–Kier alpha value is -2.91. The van der Waals surface area contributed by atoms with Crippen LogP contribution >= 0.6 is 11.3 Å². The van der Waals surface area contributed by atoms with Crippen LogP contribution in [0.15, 0.2) is 83.8 Å². The predicted octanol–water partition coefficient (Wildman–Crippen LogP) is 6.81. The van der Waals surface area contributed by atoms with Crippen molar-refractivity contribution in [3.63, 3.8) is 0 Å². The summed E-state index contributed by atoms with van der Waals surface area (Å²) in [6, 6.07) is 16.7. The van der Waals surface area contributed by atoms with Crippen molar-refractivity contribution in [3.8, 4) is 16.3 Å². The van der Waals surface area contributed by atoms with Gasteiger partial charge >= 0.3 is 0 Å². The zero-order valence-corrected chi connectivity index (χ0v) is 17.2. The molecule has 1 aliphatic carbocycles. The van der Waals surface area contributed by atoms with Crippen LogP contribution < -0.4 is 4.74 Å². The van der Waals surface area contributed by atoms with Crippen molar-refractivity contribution in [3.05, 3.63) is 101 Å². The molecular weight excluding hydrogens is 362 g/mol. The number of thiazole rings is 1. The quantitative estimate of drug-likeness (QED) is 0.481. The maximum atomic E-state index is 5.32. The van der Waals surface area contributed by atoms with E-state index >= 15 is 0 Å². The minimum Gasteiger partial charge on any atom is -0.497 e. The third-order valence-electron chi connectivity index (χ3n) is 5.35. The molecule has 1 aromatic heterocycles. The molecule has 0 bridgehead atoms. The molecule has 2 nitrogen and oxygen atoms in total. The van der Waals surface area contributed by atoms with Crippen molar-refractivity contribution in [1.29, 1.82) is 0 Å². The number of methoxy groups -OCH3 is 1. The van der Waals surface area contributed by atoms with E-state index in [9.17, 15) is 0 Å². The lowest BCUT2D eigenvalue weighted by atomic mass is 9.87. The zero-order valence-electron chi connectivity index (χ0n) is 16.4. The minimum atomic E-state index is 0.186. The number of hydrogen-bond acceptors (Lipinski definition) is 3. The molecule has 3 heteroatoms. The molecule has 0 fully saturated rings. The Kier molecular flexibility index (Phi) is 5.01. The van der Waals surface area contributed by atoms with Crippen LogP contribution in [0.1, 0.15) is 29.7 Å². The monoisotopic (exact) mass is 385 g/mol. The summed E-state index contributed by atoms with van der Waals surface area (Å²) in [5.41, 5.74) is 8.45. The van der Waals surface area contributed by atoms with E-state index in [1.165, 1.54) is 33.4 Å². The molecule has 0 N–H and O–H groups in total. The number of hydrogen-bond donors (Lipinski definition) is 0. The Morgan fingerprint density at radius 2 is 1.82 bits per heavy atom. The van der Waals surface area contributed by atoms with Gasteiger partial charge in [0.2, 0.25) is 0 Å². The second-order valence-electron chi connectivity index (χ2n) is 7.00. The number of ether oxygens (including phenoxy) is 1. The van der Waals surface area contributed by atoms with Crippen molar-refractivity contribution in [2.75, 3.05) is 7.11 Å². The second kappa shape index (κ2) is 7.61. The molecule has 0 spiro atoms. The number of nitrogens with zero attached hydrogens (tertiary/aromatic N) is 1. The lowest BCUT2D eigenvalue weighted by Gasteiger charge is -2.17. The third-order valence-corrected chi connectivity index (χ3v) is 6.23. The predicted molar refractivity (Wildman–Crippen MR) is 119 cm³/mol. The molecular formula is C25H23NOS. The highest BCUT2D eigenvalue weighted by atomic mass is 32.1. The number of allylic oxidation sites excluding steroid dienone is 5. The second-order valence-corrected chi connectivity index (χ2v) is 7.86. The van der Waals surface area contributed by atoms with E-state index in [0.717, 1.165) is 16.5 Å². The van der Waals surface area contributed by atoms with Gasteiger partial charge in [0.15, 0.2) is 0 Å². The van der Waals surface area contributed by atoms with Gasteiger partial charge in [-0.25, -0.2) is 4.98 Å². The van der Waals surface area contributed by atoms with Crippen LogP contribution in [0.2, 0.25) is 0 Å². The summed E-state index contributed by atoms with van der Waals surface area (Å²) in [5.74, 6) is 1.05. The van der Waals surface area contributed by atoms with Crippen LogP contribution in [0.4, 0.5) is 0 Å². The summed E-state index contributed by atoms with van der Waals surface area (Å²) in [4.78, 5) is 5.00. The molecule has 0 saturated heterocycles. The number of rotatable bonds is 5. The fourth-order valence-electron chi connectivity index (χ4n) is 3.78. The van der Waals surface area contributed by atoms with E-state index < -0.39 is 0 Å². The SMILES string of the molecule is C=CC1=C(C)C(c2ccc(OC)cc2)C(c2csc(-c3ccccc3C)n2)=C1. The summed E-state index contributed by atoms with van der Waals surface area (Å²) in [6.45, 7) is 8.32. The average Bonchev–Trinajstić information content (AvgIpc) is 3.33. The van der Waals surface area contributed by atoms with E-state index in [1.807, 2.05) is 18.2 Å². The molecule has 0 amide bonds. The minimum absolute atomic E-state index is 0.186. The lowest BCUT2D eigenvalue weighted by molar-refractivity contribution is 0.414. The molecule has 1 atom stereocenters. The average molecular weight is 386 g/mol. The van der Waals surface area contributed by atoms with Crippen LogP contribution in [0.3, 0.4) is 0 Å². The summed E-state index contributed by atoms with van der Waals surface area (Å²) >= 11 is 1.70. The Bertz CT molecular complexity index is 1090. The number of aryl methyl sites for hydroxylation is 1. The van der Waals surface area contributed by atoms with Crippen molar-refractivity contribution in [2.24, 2.45) is 0 Å². The van der Waals surface area contributed by atoms with E-state index in [4.69, 9.17) is 9.72 Å².